The fourth-order valence-corrected chi connectivity index (χ4v) is 8.38. The van der Waals surface area contributed by atoms with Crippen LogP contribution < -0.4 is 11.5 Å². The summed E-state index contributed by atoms with van der Waals surface area (Å²) in [6, 6.07) is 0. The highest BCUT2D eigenvalue weighted by atomic mass is 14.5. The van der Waals surface area contributed by atoms with Crippen molar-refractivity contribution in [3.8, 4) is 0 Å². The molecule has 6 rings (SSSR count). The van der Waals surface area contributed by atoms with Gasteiger partial charge in [-0.05, 0) is 109 Å². The van der Waals surface area contributed by atoms with E-state index in [0.717, 1.165) is 38.6 Å². The van der Waals surface area contributed by atoms with Crippen LogP contribution in [-0.2, 0) is 0 Å². The highest BCUT2D eigenvalue weighted by molar-refractivity contribution is 5.53. The number of hydrogen-bond donors (Lipinski definition) is 2. The van der Waals surface area contributed by atoms with Crippen LogP contribution in [0.4, 0.5) is 0 Å². The highest BCUT2D eigenvalue weighted by Crippen LogP contribution is 2.49. The maximum atomic E-state index is 6.15. The first kappa shape index (κ1) is 30.6. The highest BCUT2D eigenvalue weighted by Gasteiger charge is 2.36. The van der Waals surface area contributed by atoms with E-state index in [1.165, 1.54) is 36.0 Å². The lowest BCUT2D eigenvalue weighted by molar-refractivity contribution is 0.405. The van der Waals surface area contributed by atoms with Crippen molar-refractivity contribution in [3.05, 3.63) is 155 Å². The lowest BCUT2D eigenvalue weighted by Gasteiger charge is -2.40. The van der Waals surface area contributed by atoms with Gasteiger partial charge in [0.15, 0.2) is 0 Å². The molecule has 0 bridgehead atoms. The Morgan fingerprint density at radius 3 is 2.43 bits per heavy atom. The molecule has 0 aromatic carbocycles. The Morgan fingerprint density at radius 2 is 1.68 bits per heavy atom. The third-order valence-electron chi connectivity index (χ3n) is 10.7. The van der Waals surface area contributed by atoms with Gasteiger partial charge in [0.1, 0.15) is 0 Å². The second kappa shape index (κ2) is 14.5. The molecule has 2 nitrogen and oxygen atoms in total. The van der Waals surface area contributed by atoms with Crippen LogP contribution in [0.25, 0.3) is 0 Å². The second-order valence-corrected chi connectivity index (χ2v) is 13.1. The Morgan fingerprint density at radius 1 is 0.841 bits per heavy atom. The van der Waals surface area contributed by atoms with Crippen molar-refractivity contribution >= 4 is 0 Å². The predicted molar refractivity (Wildman–Crippen MR) is 188 cm³/mol. The summed E-state index contributed by atoms with van der Waals surface area (Å²) in [6.07, 6.45) is 51.1. The molecule has 6 aliphatic carbocycles. The van der Waals surface area contributed by atoms with Crippen LogP contribution >= 0.6 is 0 Å². The average Bonchev–Trinajstić information content (AvgIpc) is 3.09. The normalized spacial score (nSPS) is 31.4. The van der Waals surface area contributed by atoms with Gasteiger partial charge in [0, 0.05) is 24.3 Å². The Labute approximate surface area is 265 Å². The van der Waals surface area contributed by atoms with Gasteiger partial charge in [-0.1, -0.05) is 122 Å². The van der Waals surface area contributed by atoms with Crippen LogP contribution in [0, 0.1) is 35.5 Å². The molecule has 228 valence electrons. The van der Waals surface area contributed by atoms with Gasteiger partial charge in [0.2, 0.25) is 0 Å². The summed E-state index contributed by atoms with van der Waals surface area (Å²) in [5.41, 5.74) is 22.2. The third kappa shape index (κ3) is 6.48. The summed E-state index contributed by atoms with van der Waals surface area (Å²) in [5.74, 6) is 3.11. The van der Waals surface area contributed by atoms with Crippen molar-refractivity contribution in [2.75, 3.05) is 13.1 Å². The number of fused-ring (bicyclic) bond motifs is 2. The van der Waals surface area contributed by atoms with E-state index in [1.807, 2.05) is 6.08 Å². The van der Waals surface area contributed by atoms with E-state index >= 15 is 0 Å². The molecule has 0 saturated heterocycles. The summed E-state index contributed by atoms with van der Waals surface area (Å²) in [6.45, 7) is 5.19. The van der Waals surface area contributed by atoms with E-state index in [1.54, 1.807) is 22.3 Å². The molecule has 0 saturated carbocycles. The standard InChI is InChI=1S/C42H50N2/c1-2-10-34(29-44)38-27-26-37(41-14-7-8-15-42(38)41)33-22-20-32(21-23-33)36-25-24-35(39-12-5-6-13-40(36)39)31-18-16-30(17-19-31)11-4-3-9-28-43/h2-8,10,12-16,18-19,22,26-27,30,32,35,39,41-42H,1,9,11,17,20-21,23-25,28-29,43-44H2/b4-3-,34-10+/t30-,32?,35?,39?,41?,42?/m1/s1. The Bertz CT molecular complexity index is 1470. The SMILES string of the molecule is C=C/C=C(\CN)C1=CC=C(C2=CCC(C3=C4C=CC=CC4C(C4=CC[C@H](C/C=C\CCN)C=C4)CC3)CC2)C2C=CC=CC12. The molecule has 0 spiro atoms. The van der Waals surface area contributed by atoms with Crippen molar-refractivity contribution in [2.45, 2.75) is 51.4 Å². The van der Waals surface area contributed by atoms with Crippen molar-refractivity contribution < 1.29 is 0 Å². The summed E-state index contributed by atoms with van der Waals surface area (Å²) < 4.78 is 0. The summed E-state index contributed by atoms with van der Waals surface area (Å²) in [5, 5.41) is 0. The van der Waals surface area contributed by atoms with Gasteiger partial charge < -0.3 is 11.5 Å². The van der Waals surface area contributed by atoms with E-state index in [2.05, 4.69) is 110 Å². The third-order valence-corrected chi connectivity index (χ3v) is 10.7. The Balaban J connectivity index is 1.17. The lowest BCUT2D eigenvalue weighted by atomic mass is 9.65. The molecule has 44 heavy (non-hydrogen) atoms. The largest absolute Gasteiger partial charge is 0.330 e. The molecule has 0 aromatic heterocycles. The Hall–Kier alpha value is -3.46. The number of nitrogens with two attached hydrogens (primary N) is 2. The fraction of sp³-hybridized carbons (Fsp3) is 0.381. The van der Waals surface area contributed by atoms with Crippen LogP contribution in [0.1, 0.15) is 51.4 Å². The van der Waals surface area contributed by atoms with Crippen LogP contribution in [-0.4, -0.2) is 13.1 Å². The monoisotopic (exact) mass is 582 g/mol. The van der Waals surface area contributed by atoms with Gasteiger partial charge in [-0.15, -0.1) is 0 Å². The number of rotatable bonds is 10. The molecule has 2 heteroatoms. The minimum Gasteiger partial charge on any atom is -0.330 e. The lowest BCUT2D eigenvalue weighted by Crippen LogP contribution is -2.27. The molecule has 0 heterocycles. The minimum atomic E-state index is 0.347. The molecule has 6 atom stereocenters. The zero-order valence-corrected chi connectivity index (χ0v) is 26.3. The molecular weight excluding hydrogens is 532 g/mol. The van der Waals surface area contributed by atoms with E-state index in [4.69, 9.17) is 11.5 Å². The Kier molecular flexibility index (Phi) is 10.1. The molecule has 5 unspecified atom stereocenters. The van der Waals surface area contributed by atoms with E-state index in [9.17, 15) is 0 Å². The van der Waals surface area contributed by atoms with Crippen LogP contribution in [0.2, 0.25) is 0 Å². The summed E-state index contributed by atoms with van der Waals surface area (Å²) >= 11 is 0. The van der Waals surface area contributed by atoms with Crippen molar-refractivity contribution in [1.29, 1.82) is 0 Å². The fourth-order valence-electron chi connectivity index (χ4n) is 8.38. The van der Waals surface area contributed by atoms with Gasteiger partial charge in [-0.2, -0.15) is 0 Å². The van der Waals surface area contributed by atoms with Crippen molar-refractivity contribution in [3.63, 3.8) is 0 Å². The molecule has 6 aliphatic rings. The molecule has 0 radical (unpaired) electrons. The minimum absolute atomic E-state index is 0.347. The number of hydrogen-bond acceptors (Lipinski definition) is 2. The zero-order chi connectivity index (χ0) is 30.3. The summed E-state index contributed by atoms with van der Waals surface area (Å²) in [4.78, 5) is 0. The average molecular weight is 583 g/mol. The first-order valence-corrected chi connectivity index (χ1v) is 17.0. The van der Waals surface area contributed by atoms with Gasteiger partial charge in [-0.3, -0.25) is 0 Å². The quantitative estimate of drug-likeness (QED) is 0.199. The van der Waals surface area contributed by atoms with E-state index < -0.39 is 0 Å². The maximum absolute atomic E-state index is 6.15. The molecule has 4 N–H and O–H groups in total. The molecule has 0 amide bonds. The maximum Gasteiger partial charge on any atom is 0.0181 e. The molecule has 0 aromatic rings. The van der Waals surface area contributed by atoms with E-state index in [-0.39, 0.29) is 0 Å². The van der Waals surface area contributed by atoms with Crippen LogP contribution in [0.5, 0.6) is 0 Å². The van der Waals surface area contributed by atoms with Gasteiger partial charge in [0.25, 0.3) is 0 Å². The first-order chi connectivity index (χ1) is 21.7. The molecule has 0 aliphatic heterocycles. The van der Waals surface area contributed by atoms with Gasteiger partial charge >= 0.3 is 0 Å². The van der Waals surface area contributed by atoms with Crippen molar-refractivity contribution in [1.82, 2.24) is 0 Å². The molecular formula is C42H50N2. The molecule has 0 fully saturated rings. The first-order valence-electron chi connectivity index (χ1n) is 17.0. The smallest absolute Gasteiger partial charge is 0.0181 e. The number of allylic oxidation sites excluding steroid dienone is 22. The summed E-state index contributed by atoms with van der Waals surface area (Å²) in [7, 11) is 0. The van der Waals surface area contributed by atoms with Crippen LogP contribution in [0.15, 0.2) is 155 Å². The predicted octanol–water partition coefficient (Wildman–Crippen LogP) is 9.26. The van der Waals surface area contributed by atoms with Gasteiger partial charge in [0.05, 0.1) is 0 Å². The van der Waals surface area contributed by atoms with Gasteiger partial charge in [-0.25, -0.2) is 0 Å². The van der Waals surface area contributed by atoms with Crippen molar-refractivity contribution in [2.24, 2.45) is 47.0 Å². The topological polar surface area (TPSA) is 52.0 Å². The zero-order valence-electron chi connectivity index (χ0n) is 26.3. The second-order valence-electron chi connectivity index (χ2n) is 13.1. The van der Waals surface area contributed by atoms with E-state index in [0.29, 0.717) is 42.1 Å². The van der Waals surface area contributed by atoms with Crippen LogP contribution in [0.3, 0.4) is 0 Å².